The molecule has 2 rings (SSSR count). The van der Waals surface area contributed by atoms with Crippen molar-refractivity contribution in [2.75, 3.05) is 20.1 Å². The van der Waals surface area contributed by atoms with Gasteiger partial charge in [-0.05, 0) is 31.7 Å². The first-order chi connectivity index (χ1) is 6.77. The molecule has 2 unspecified atom stereocenters. The lowest BCUT2D eigenvalue weighted by Crippen LogP contribution is -2.16. The number of unbranched alkanes of at least 4 members (excludes halogenated alkanes) is 1. The van der Waals surface area contributed by atoms with Gasteiger partial charge < -0.3 is 4.90 Å². The molecule has 2 aliphatic rings. The predicted molar refractivity (Wildman–Crippen MR) is 63.5 cm³/mol. The summed E-state index contributed by atoms with van der Waals surface area (Å²) in [4.78, 5) is 2.50. The van der Waals surface area contributed by atoms with Crippen molar-refractivity contribution in [2.24, 2.45) is 11.8 Å². The second-order valence-corrected chi connectivity index (χ2v) is 5.03. The second-order valence-electron chi connectivity index (χ2n) is 5.03. The van der Waals surface area contributed by atoms with E-state index in [2.05, 4.69) is 25.8 Å². The fourth-order valence-electron chi connectivity index (χ4n) is 2.64. The highest BCUT2D eigenvalue weighted by Gasteiger charge is 2.31. The number of nitrogens with zero attached hydrogens (tertiary/aromatic N) is 1. The summed E-state index contributed by atoms with van der Waals surface area (Å²) in [5.41, 5.74) is 0. The Kier molecular flexibility index (Phi) is 5.54. The van der Waals surface area contributed by atoms with Crippen LogP contribution in [0.5, 0.6) is 0 Å². The Hall–Kier alpha value is -0.0400. The van der Waals surface area contributed by atoms with Gasteiger partial charge in [-0.3, -0.25) is 0 Å². The van der Waals surface area contributed by atoms with Gasteiger partial charge in [0.1, 0.15) is 0 Å². The molecule has 1 nitrogen and oxygen atoms in total. The molecule has 2 fully saturated rings. The van der Waals surface area contributed by atoms with E-state index in [0.29, 0.717) is 0 Å². The van der Waals surface area contributed by atoms with Crippen LogP contribution in [0.3, 0.4) is 0 Å². The molecule has 0 spiro atoms. The molecular formula is C13H27N. The van der Waals surface area contributed by atoms with Crippen LogP contribution in [-0.2, 0) is 0 Å². The Morgan fingerprint density at radius 2 is 1.36 bits per heavy atom. The maximum Gasteiger partial charge on any atom is 0.000985 e. The van der Waals surface area contributed by atoms with Crippen LogP contribution in [0.15, 0.2) is 0 Å². The summed E-state index contributed by atoms with van der Waals surface area (Å²) < 4.78 is 0. The third-order valence-electron chi connectivity index (χ3n) is 3.66. The summed E-state index contributed by atoms with van der Waals surface area (Å²) in [7, 11) is 2.26. The lowest BCUT2D eigenvalue weighted by molar-refractivity contribution is 0.299. The third-order valence-corrected chi connectivity index (χ3v) is 3.66. The average Bonchev–Trinajstić information content (AvgIpc) is 2.58. The van der Waals surface area contributed by atoms with Crippen molar-refractivity contribution in [3.8, 4) is 0 Å². The monoisotopic (exact) mass is 197 g/mol. The van der Waals surface area contributed by atoms with Crippen LogP contribution >= 0.6 is 0 Å². The van der Waals surface area contributed by atoms with Gasteiger partial charge in [0.2, 0.25) is 0 Å². The Morgan fingerprint density at radius 1 is 0.929 bits per heavy atom. The van der Waals surface area contributed by atoms with Crippen LogP contribution in [0.4, 0.5) is 0 Å². The summed E-state index contributed by atoms with van der Waals surface area (Å²) in [5.74, 6) is 2.14. The molecule has 0 radical (unpaired) electrons. The fourth-order valence-corrected chi connectivity index (χ4v) is 2.64. The van der Waals surface area contributed by atoms with Crippen molar-refractivity contribution in [3.63, 3.8) is 0 Å². The van der Waals surface area contributed by atoms with E-state index in [1.807, 2.05) is 0 Å². The zero-order valence-corrected chi connectivity index (χ0v) is 10.3. The van der Waals surface area contributed by atoms with Gasteiger partial charge in [-0.1, -0.05) is 39.5 Å². The lowest BCUT2D eigenvalue weighted by atomic mass is 9.82. The third kappa shape index (κ3) is 3.61. The zero-order valence-electron chi connectivity index (χ0n) is 10.3. The normalized spacial score (nSPS) is 31.9. The molecule has 0 bridgehead atoms. The van der Waals surface area contributed by atoms with Gasteiger partial charge in [0, 0.05) is 13.1 Å². The Balaban J connectivity index is 0.000000213. The molecule has 14 heavy (non-hydrogen) atoms. The number of hydrogen-bond acceptors (Lipinski definition) is 1. The van der Waals surface area contributed by atoms with Crippen molar-refractivity contribution in [3.05, 3.63) is 0 Å². The minimum absolute atomic E-state index is 1.07. The van der Waals surface area contributed by atoms with E-state index in [1.54, 1.807) is 0 Å². The van der Waals surface area contributed by atoms with E-state index in [4.69, 9.17) is 0 Å². The molecule has 0 aromatic rings. The minimum Gasteiger partial charge on any atom is -0.306 e. The van der Waals surface area contributed by atoms with Gasteiger partial charge in [0.25, 0.3) is 0 Å². The lowest BCUT2D eigenvalue weighted by Gasteiger charge is -2.23. The number of hydrogen-bond donors (Lipinski definition) is 0. The van der Waals surface area contributed by atoms with E-state index < -0.39 is 0 Å². The highest BCUT2D eigenvalue weighted by Crippen LogP contribution is 2.34. The first-order valence-electron chi connectivity index (χ1n) is 6.46. The SMILES string of the molecule is CCCC.CN1CC2CCCCC2C1. The van der Waals surface area contributed by atoms with E-state index in [-0.39, 0.29) is 0 Å². The van der Waals surface area contributed by atoms with Gasteiger partial charge in [0.15, 0.2) is 0 Å². The van der Waals surface area contributed by atoms with Crippen LogP contribution in [0.25, 0.3) is 0 Å². The molecule has 2 atom stereocenters. The van der Waals surface area contributed by atoms with Crippen LogP contribution in [0.1, 0.15) is 52.4 Å². The minimum atomic E-state index is 1.07. The van der Waals surface area contributed by atoms with Crippen LogP contribution in [0.2, 0.25) is 0 Å². The Morgan fingerprint density at radius 3 is 1.71 bits per heavy atom. The molecule has 84 valence electrons. The van der Waals surface area contributed by atoms with Gasteiger partial charge in [0.05, 0.1) is 0 Å². The standard InChI is InChI=1S/C9H17N.C4H10/c1-10-6-8-4-2-3-5-9(8)7-10;1-3-4-2/h8-9H,2-7H2,1H3;3-4H2,1-2H3. The van der Waals surface area contributed by atoms with Gasteiger partial charge in [-0.15, -0.1) is 0 Å². The fraction of sp³-hybridized carbons (Fsp3) is 1.00. The Labute approximate surface area is 89.9 Å². The van der Waals surface area contributed by atoms with Crippen molar-refractivity contribution in [2.45, 2.75) is 52.4 Å². The zero-order chi connectivity index (χ0) is 10.4. The highest BCUT2D eigenvalue weighted by molar-refractivity contribution is 4.84. The molecule has 1 aliphatic heterocycles. The maximum atomic E-state index is 2.50. The summed E-state index contributed by atoms with van der Waals surface area (Å²) in [6, 6.07) is 0. The number of likely N-dealkylation sites (tertiary alicyclic amines) is 1. The smallest absolute Gasteiger partial charge is 0.000985 e. The summed E-state index contributed by atoms with van der Waals surface area (Å²) in [5, 5.41) is 0. The van der Waals surface area contributed by atoms with Gasteiger partial charge in [-0.25, -0.2) is 0 Å². The Bertz CT molecular complexity index is 128. The molecule has 1 heteroatoms. The van der Waals surface area contributed by atoms with Crippen LogP contribution in [0, 0.1) is 11.8 Å². The molecule has 0 aromatic heterocycles. The molecular weight excluding hydrogens is 170 g/mol. The van der Waals surface area contributed by atoms with Crippen molar-refractivity contribution in [1.82, 2.24) is 4.90 Å². The quantitative estimate of drug-likeness (QED) is 0.621. The molecule has 1 saturated carbocycles. The van der Waals surface area contributed by atoms with Crippen LogP contribution in [-0.4, -0.2) is 25.0 Å². The molecule has 1 aliphatic carbocycles. The van der Waals surface area contributed by atoms with E-state index in [9.17, 15) is 0 Å². The molecule has 0 aromatic carbocycles. The van der Waals surface area contributed by atoms with E-state index in [0.717, 1.165) is 11.8 Å². The largest absolute Gasteiger partial charge is 0.306 e. The highest BCUT2D eigenvalue weighted by atomic mass is 15.1. The topological polar surface area (TPSA) is 3.24 Å². The average molecular weight is 197 g/mol. The first-order valence-corrected chi connectivity index (χ1v) is 6.46. The molecule has 0 amide bonds. The van der Waals surface area contributed by atoms with Gasteiger partial charge >= 0.3 is 0 Å². The first kappa shape index (κ1) is 12.0. The van der Waals surface area contributed by atoms with Crippen molar-refractivity contribution >= 4 is 0 Å². The predicted octanol–water partition coefficient (Wildman–Crippen LogP) is 3.54. The summed E-state index contributed by atoms with van der Waals surface area (Å²) in [6.07, 6.45) is 8.65. The van der Waals surface area contributed by atoms with E-state index in [1.165, 1.54) is 51.6 Å². The van der Waals surface area contributed by atoms with Crippen molar-refractivity contribution in [1.29, 1.82) is 0 Å². The number of fused-ring (bicyclic) bond motifs is 1. The summed E-state index contributed by atoms with van der Waals surface area (Å²) in [6.45, 7) is 7.12. The maximum absolute atomic E-state index is 2.50. The van der Waals surface area contributed by atoms with Gasteiger partial charge in [-0.2, -0.15) is 0 Å². The summed E-state index contributed by atoms with van der Waals surface area (Å²) >= 11 is 0. The van der Waals surface area contributed by atoms with Crippen molar-refractivity contribution < 1.29 is 0 Å². The second kappa shape index (κ2) is 6.44. The molecule has 0 N–H and O–H groups in total. The molecule has 1 heterocycles. The molecule has 1 saturated heterocycles. The van der Waals surface area contributed by atoms with E-state index >= 15 is 0 Å². The van der Waals surface area contributed by atoms with Crippen LogP contribution < -0.4 is 0 Å². The number of rotatable bonds is 1.